The van der Waals surface area contributed by atoms with Crippen molar-refractivity contribution in [3.8, 4) is 56.2 Å². The van der Waals surface area contributed by atoms with E-state index in [0.717, 1.165) is 72.3 Å². The third kappa shape index (κ3) is 5.15. The van der Waals surface area contributed by atoms with Crippen LogP contribution in [-0.4, -0.2) is 9.97 Å². The standard InChI is InChI=1S/C48H30N2O/c1-3-12-31(13-4-1)36-26-37(40-19-11-20-42-41-18-9-10-21-46(41)51-47(40)42)28-38(27-36)45-30-44(49-48(50-45)34-15-5-2-6-16-34)35-25-24-33-23-22-32-14-7-8-17-39(32)43(33)29-35/h1-30H. The van der Waals surface area contributed by atoms with E-state index in [1.807, 2.05) is 30.3 Å². The smallest absolute Gasteiger partial charge is 0.160 e. The molecule has 8 aromatic carbocycles. The summed E-state index contributed by atoms with van der Waals surface area (Å²) in [6.45, 7) is 0. The lowest BCUT2D eigenvalue weighted by molar-refractivity contribution is 0.670. The SMILES string of the molecule is c1ccc(-c2cc(-c3cc(-c4ccc5ccc6ccccc6c5c4)nc(-c4ccccc4)n3)cc(-c3cccc4c3oc3ccccc34)c2)cc1. The van der Waals surface area contributed by atoms with Gasteiger partial charge in [0.05, 0.1) is 11.4 Å². The molecule has 3 heteroatoms. The van der Waals surface area contributed by atoms with E-state index in [4.69, 9.17) is 14.4 Å². The lowest BCUT2D eigenvalue weighted by Gasteiger charge is -2.14. The van der Waals surface area contributed by atoms with Gasteiger partial charge in [0.15, 0.2) is 5.82 Å². The number of benzene rings is 8. The first-order chi connectivity index (χ1) is 25.2. The number of para-hydroxylation sites is 2. The molecule has 0 fully saturated rings. The van der Waals surface area contributed by atoms with Gasteiger partial charge in [-0.1, -0.05) is 146 Å². The van der Waals surface area contributed by atoms with Crippen molar-refractivity contribution in [3.05, 3.63) is 182 Å². The molecule has 0 bridgehead atoms. The van der Waals surface area contributed by atoms with Crippen LogP contribution >= 0.6 is 0 Å². The summed E-state index contributed by atoms with van der Waals surface area (Å²) in [6.07, 6.45) is 0. The maximum atomic E-state index is 6.52. The van der Waals surface area contributed by atoms with Gasteiger partial charge in [-0.05, 0) is 74.6 Å². The number of nitrogens with zero attached hydrogens (tertiary/aromatic N) is 2. The van der Waals surface area contributed by atoms with Gasteiger partial charge in [-0.3, -0.25) is 0 Å². The predicted octanol–water partition coefficient (Wildman–Crippen LogP) is 13.0. The zero-order valence-corrected chi connectivity index (χ0v) is 27.6. The van der Waals surface area contributed by atoms with Crippen LogP contribution < -0.4 is 0 Å². The van der Waals surface area contributed by atoms with Crippen LogP contribution in [-0.2, 0) is 0 Å². The normalized spacial score (nSPS) is 11.5. The Balaban J connectivity index is 1.21. The van der Waals surface area contributed by atoms with Crippen LogP contribution in [0.3, 0.4) is 0 Å². The Kier molecular flexibility index (Phi) is 6.81. The monoisotopic (exact) mass is 650 g/mol. The highest BCUT2D eigenvalue weighted by Gasteiger charge is 2.17. The quantitative estimate of drug-likeness (QED) is 0.174. The largest absolute Gasteiger partial charge is 0.455 e. The van der Waals surface area contributed by atoms with Crippen LogP contribution in [0, 0.1) is 0 Å². The van der Waals surface area contributed by atoms with Gasteiger partial charge in [0.1, 0.15) is 11.2 Å². The summed E-state index contributed by atoms with van der Waals surface area (Å²) in [5, 5.41) is 7.09. The molecule has 10 aromatic rings. The summed E-state index contributed by atoms with van der Waals surface area (Å²) < 4.78 is 6.52. The highest BCUT2D eigenvalue weighted by Crippen LogP contribution is 2.40. The lowest BCUT2D eigenvalue weighted by Crippen LogP contribution is -1.96. The first-order valence-electron chi connectivity index (χ1n) is 17.2. The van der Waals surface area contributed by atoms with Crippen molar-refractivity contribution in [2.45, 2.75) is 0 Å². The number of hydrogen-bond acceptors (Lipinski definition) is 3. The van der Waals surface area contributed by atoms with E-state index in [1.54, 1.807) is 0 Å². The van der Waals surface area contributed by atoms with E-state index >= 15 is 0 Å². The molecule has 0 N–H and O–H groups in total. The zero-order valence-electron chi connectivity index (χ0n) is 27.6. The van der Waals surface area contributed by atoms with Gasteiger partial charge in [0, 0.05) is 33.0 Å². The molecule has 2 aromatic heterocycles. The Morgan fingerprint density at radius 1 is 0.333 bits per heavy atom. The fourth-order valence-electron chi connectivity index (χ4n) is 7.32. The minimum atomic E-state index is 0.687. The molecule has 0 atom stereocenters. The van der Waals surface area contributed by atoms with Crippen LogP contribution in [0.15, 0.2) is 186 Å². The number of hydrogen-bond donors (Lipinski definition) is 0. The average Bonchev–Trinajstić information content (AvgIpc) is 3.60. The third-order valence-corrected chi connectivity index (χ3v) is 9.85. The van der Waals surface area contributed by atoms with E-state index in [1.165, 1.54) is 21.5 Å². The molecule has 51 heavy (non-hydrogen) atoms. The summed E-state index contributed by atoms with van der Waals surface area (Å²) in [5.41, 5.74) is 10.9. The molecule has 0 saturated heterocycles. The van der Waals surface area contributed by atoms with E-state index in [0.29, 0.717) is 5.82 Å². The van der Waals surface area contributed by atoms with Gasteiger partial charge < -0.3 is 4.42 Å². The molecule has 0 spiro atoms. The minimum Gasteiger partial charge on any atom is -0.455 e. The number of fused-ring (bicyclic) bond motifs is 6. The van der Waals surface area contributed by atoms with Gasteiger partial charge in [0.2, 0.25) is 0 Å². The van der Waals surface area contributed by atoms with Crippen molar-refractivity contribution < 1.29 is 4.42 Å². The maximum absolute atomic E-state index is 6.52. The molecule has 0 radical (unpaired) electrons. The van der Waals surface area contributed by atoms with Crippen LogP contribution in [0.25, 0.3) is 99.6 Å². The zero-order chi connectivity index (χ0) is 33.7. The third-order valence-electron chi connectivity index (χ3n) is 9.85. The second kappa shape index (κ2) is 11.9. The fourth-order valence-corrected chi connectivity index (χ4v) is 7.32. The van der Waals surface area contributed by atoms with Crippen LogP contribution in [0.2, 0.25) is 0 Å². The topological polar surface area (TPSA) is 38.9 Å². The van der Waals surface area contributed by atoms with Crippen LogP contribution in [0.4, 0.5) is 0 Å². The summed E-state index contributed by atoms with van der Waals surface area (Å²) >= 11 is 0. The van der Waals surface area contributed by atoms with Crippen molar-refractivity contribution in [3.63, 3.8) is 0 Å². The Labute approximate surface area is 295 Å². The van der Waals surface area contributed by atoms with Gasteiger partial charge in [-0.2, -0.15) is 0 Å². The summed E-state index contributed by atoms with van der Waals surface area (Å²) in [5.74, 6) is 0.687. The lowest BCUT2D eigenvalue weighted by atomic mass is 9.93. The number of furan rings is 1. The fraction of sp³-hybridized carbons (Fsp3) is 0. The Bertz CT molecular complexity index is 2910. The molecule has 0 unspecified atom stereocenters. The van der Waals surface area contributed by atoms with Crippen molar-refractivity contribution in [1.82, 2.24) is 9.97 Å². The molecule has 0 saturated carbocycles. The molecule has 0 aliphatic rings. The summed E-state index contributed by atoms with van der Waals surface area (Å²) in [4.78, 5) is 10.4. The Morgan fingerprint density at radius 2 is 0.941 bits per heavy atom. The van der Waals surface area contributed by atoms with Gasteiger partial charge in [-0.25, -0.2) is 9.97 Å². The van der Waals surface area contributed by atoms with Crippen molar-refractivity contribution in [2.24, 2.45) is 0 Å². The molecule has 10 rings (SSSR count). The van der Waals surface area contributed by atoms with E-state index in [-0.39, 0.29) is 0 Å². The Hall–Kier alpha value is -6.84. The molecule has 0 aliphatic carbocycles. The molecule has 0 amide bonds. The van der Waals surface area contributed by atoms with E-state index in [9.17, 15) is 0 Å². The van der Waals surface area contributed by atoms with Crippen molar-refractivity contribution in [2.75, 3.05) is 0 Å². The number of aromatic nitrogens is 2. The molecular weight excluding hydrogens is 621 g/mol. The average molecular weight is 651 g/mol. The number of rotatable bonds is 5. The minimum absolute atomic E-state index is 0.687. The van der Waals surface area contributed by atoms with Crippen molar-refractivity contribution in [1.29, 1.82) is 0 Å². The summed E-state index contributed by atoms with van der Waals surface area (Å²) in [7, 11) is 0. The molecule has 2 heterocycles. The van der Waals surface area contributed by atoms with E-state index in [2.05, 4.69) is 152 Å². The first-order valence-corrected chi connectivity index (χ1v) is 17.2. The van der Waals surface area contributed by atoms with Crippen LogP contribution in [0.5, 0.6) is 0 Å². The summed E-state index contributed by atoms with van der Waals surface area (Å²) in [6, 6.07) is 63.9. The maximum Gasteiger partial charge on any atom is 0.160 e. The molecular formula is C48H30N2O. The van der Waals surface area contributed by atoms with Gasteiger partial charge >= 0.3 is 0 Å². The highest BCUT2D eigenvalue weighted by molar-refractivity contribution is 6.10. The Morgan fingerprint density at radius 3 is 1.76 bits per heavy atom. The molecule has 0 aliphatic heterocycles. The molecule has 3 nitrogen and oxygen atoms in total. The van der Waals surface area contributed by atoms with Gasteiger partial charge in [0.25, 0.3) is 0 Å². The van der Waals surface area contributed by atoms with Gasteiger partial charge in [-0.15, -0.1) is 0 Å². The first kappa shape index (κ1) is 29.1. The van der Waals surface area contributed by atoms with Crippen LogP contribution in [0.1, 0.15) is 0 Å². The van der Waals surface area contributed by atoms with Crippen molar-refractivity contribution >= 4 is 43.5 Å². The second-order valence-electron chi connectivity index (χ2n) is 13.0. The molecule has 238 valence electrons. The predicted molar refractivity (Wildman–Crippen MR) is 212 cm³/mol. The second-order valence-corrected chi connectivity index (χ2v) is 13.0. The highest BCUT2D eigenvalue weighted by atomic mass is 16.3. The van der Waals surface area contributed by atoms with E-state index < -0.39 is 0 Å².